The standard InChI is InChI=1S/C15H22ClF3N2/c1-11(2)9-20-10-12-8-13(16)4-5-14(12)21(3)7-6-15(17,18)19/h4-5,8,11,20H,6-7,9-10H2,1-3H3. The Bertz CT molecular complexity index is 447. The second-order valence-corrected chi connectivity index (χ2v) is 6.02. The third-order valence-corrected chi connectivity index (χ3v) is 3.29. The topological polar surface area (TPSA) is 15.3 Å². The zero-order valence-electron chi connectivity index (χ0n) is 12.6. The molecule has 0 unspecified atom stereocenters. The fourth-order valence-corrected chi connectivity index (χ4v) is 2.17. The Balaban J connectivity index is 2.75. The van der Waals surface area contributed by atoms with Crippen LogP contribution in [-0.2, 0) is 6.54 Å². The van der Waals surface area contributed by atoms with E-state index in [4.69, 9.17) is 11.6 Å². The van der Waals surface area contributed by atoms with E-state index in [0.717, 1.165) is 17.8 Å². The first-order valence-corrected chi connectivity index (χ1v) is 7.34. The van der Waals surface area contributed by atoms with E-state index in [1.165, 1.54) is 0 Å². The van der Waals surface area contributed by atoms with E-state index >= 15 is 0 Å². The lowest BCUT2D eigenvalue weighted by molar-refractivity contribution is -0.132. The van der Waals surface area contributed by atoms with Crippen LogP contribution in [-0.4, -0.2) is 26.3 Å². The van der Waals surface area contributed by atoms with Gasteiger partial charge in [-0.15, -0.1) is 0 Å². The largest absolute Gasteiger partial charge is 0.390 e. The highest BCUT2D eigenvalue weighted by Crippen LogP contribution is 2.26. The smallest absolute Gasteiger partial charge is 0.374 e. The first-order valence-electron chi connectivity index (χ1n) is 6.96. The van der Waals surface area contributed by atoms with Crippen molar-refractivity contribution in [1.82, 2.24) is 5.32 Å². The highest BCUT2D eigenvalue weighted by molar-refractivity contribution is 6.30. The highest BCUT2D eigenvalue weighted by atomic mass is 35.5. The molecule has 0 spiro atoms. The van der Waals surface area contributed by atoms with Crippen molar-refractivity contribution in [2.45, 2.75) is 33.0 Å². The summed E-state index contributed by atoms with van der Waals surface area (Å²) in [5, 5.41) is 3.88. The summed E-state index contributed by atoms with van der Waals surface area (Å²) >= 11 is 5.99. The minimum atomic E-state index is -4.14. The monoisotopic (exact) mass is 322 g/mol. The Morgan fingerprint density at radius 1 is 1.29 bits per heavy atom. The van der Waals surface area contributed by atoms with Crippen molar-refractivity contribution in [1.29, 1.82) is 0 Å². The van der Waals surface area contributed by atoms with E-state index in [-0.39, 0.29) is 6.54 Å². The molecule has 0 aliphatic heterocycles. The maximum atomic E-state index is 12.3. The minimum absolute atomic E-state index is 0.0671. The molecule has 0 heterocycles. The van der Waals surface area contributed by atoms with Gasteiger partial charge >= 0.3 is 6.18 Å². The number of halogens is 4. The minimum Gasteiger partial charge on any atom is -0.374 e. The lowest BCUT2D eigenvalue weighted by Crippen LogP contribution is -2.26. The quantitative estimate of drug-likeness (QED) is 0.796. The molecule has 120 valence electrons. The first kappa shape index (κ1) is 18.1. The van der Waals surface area contributed by atoms with Crippen LogP contribution < -0.4 is 10.2 Å². The van der Waals surface area contributed by atoms with E-state index in [9.17, 15) is 13.2 Å². The van der Waals surface area contributed by atoms with E-state index < -0.39 is 12.6 Å². The summed E-state index contributed by atoms with van der Waals surface area (Å²) in [5.74, 6) is 0.510. The molecular formula is C15H22ClF3N2. The predicted octanol–water partition coefficient (Wildman–Crippen LogP) is 4.47. The maximum Gasteiger partial charge on any atom is 0.390 e. The van der Waals surface area contributed by atoms with Crippen molar-refractivity contribution in [2.75, 3.05) is 25.0 Å². The van der Waals surface area contributed by atoms with Crippen LogP contribution in [0.2, 0.25) is 5.02 Å². The summed E-state index contributed by atoms with van der Waals surface area (Å²) in [6.07, 6.45) is -4.97. The maximum absolute atomic E-state index is 12.3. The molecule has 6 heteroatoms. The van der Waals surface area contributed by atoms with Crippen LogP contribution in [0.1, 0.15) is 25.8 Å². The van der Waals surface area contributed by atoms with Crippen LogP contribution >= 0.6 is 11.6 Å². The zero-order chi connectivity index (χ0) is 16.0. The van der Waals surface area contributed by atoms with Crippen molar-refractivity contribution in [3.8, 4) is 0 Å². The van der Waals surface area contributed by atoms with Crippen molar-refractivity contribution < 1.29 is 13.2 Å². The number of hydrogen-bond acceptors (Lipinski definition) is 2. The van der Waals surface area contributed by atoms with Gasteiger partial charge in [-0.25, -0.2) is 0 Å². The van der Waals surface area contributed by atoms with Gasteiger partial charge in [0.25, 0.3) is 0 Å². The van der Waals surface area contributed by atoms with Crippen molar-refractivity contribution in [3.05, 3.63) is 28.8 Å². The molecule has 0 radical (unpaired) electrons. The molecule has 0 saturated heterocycles. The fourth-order valence-electron chi connectivity index (χ4n) is 1.98. The van der Waals surface area contributed by atoms with E-state index in [0.29, 0.717) is 17.5 Å². The average Bonchev–Trinajstić information content (AvgIpc) is 2.35. The molecule has 0 aromatic heterocycles. The molecule has 0 aliphatic rings. The predicted molar refractivity (Wildman–Crippen MR) is 81.9 cm³/mol. The van der Waals surface area contributed by atoms with Gasteiger partial charge in [-0.2, -0.15) is 13.2 Å². The third kappa shape index (κ3) is 7.05. The van der Waals surface area contributed by atoms with Crippen LogP contribution in [0.15, 0.2) is 18.2 Å². The summed E-state index contributed by atoms with van der Waals surface area (Å²) in [6.45, 7) is 5.56. The molecular weight excluding hydrogens is 301 g/mol. The van der Waals surface area contributed by atoms with Gasteiger partial charge in [0, 0.05) is 30.8 Å². The van der Waals surface area contributed by atoms with Gasteiger partial charge < -0.3 is 10.2 Å². The number of anilines is 1. The summed E-state index contributed by atoms with van der Waals surface area (Å²) in [5.41, 5.74) is 1.69. The molecule has 21 heavy (non-hydrogen) atoms. The van der Waals surface area contributed by atoms with Gasteiger partial charge in [0.1, 0.15) is 0 Å². The molecule has 1 aromatic rings. The lowest BCUT2D eigenvalue weighted by atomic mass is 10.1. The van der Waals surface area contributed by atoms with Crippen molar-refractivity contribution >= 4 is 17.3 Å². The number of benzene rings is 1. The summed E-state index contributed by atoms with van der Waals surface area (Å²) in [6, 6.07) is 5.27. The van der Waals surface area contributed by atoms with Gasteiger partial charge in [0.15, 0.2) is 0 Å². The second kappa shape index (κ2) is 7.90. The van der Waals surface area contributed by atoms with Crippen LogP contribution in [0.25, 0.3) is 0 Å². The molecule has 0 atom stereocenters. The molecule has 2 nitrogen and oxygen atoms in total. The Morgan fingerprint density at radius 2 is 1.95 bits per heavy atom. The van der Waals surface area contributed by atoms with Gasteiger partial charge in [0.2, 0.25) is 0 Å². The molecule has 0 amide bonds. The zero-order valence-corrected chi connectivity index (χ0v) is 13.4. The normalized spacial score (nSPS) is 12.0. The molecule has 0 bridgehead atoms. The van der Waals surface area contributed by atoms with Crippen LogP contribution in [0.4, 0.5) is 18.9 Å². The second-order valence-electron chi connectivity index (χ2n) is 5.58. The van der Waals surface area contributed by atoms with E-state index in [1.54, 1.807) is 30.1 Å². The molecule has 0 aliphatic carbocycles. The third-order valence-electron chi connectivity index (χ3n) is 3.05. The summed E-state index contributed by atoms with van der Waals surface area (Å²) < 4.78 is 37.0. The number of nitrogens with zero attached hydrogens (tertiary/aromatic N) is 1. The molecule has 0 fully saturated rings. The highest BCUT2D eigenvalue weighted by Gasteiger charge is 2.27. The van der Waals surface area contributed by atoms with Gasteiger partial charge in [0.05, 0.1) is 6.42 Å². The SMILES string of the molecule is CC(C)CNCc1cc(Cl)ccc1N(C)CCC(F)(F)F. The van der Waals surface area contributed by atoms with Gasteiger partial charge in [-0.05, 0) is 36.2 Å². The molecule has 1 aromatic carbocycles. The van der Waals surface area contributed by atoms with Crippen LogP contribution in [0.3, 0.4) is 0 Å². The van der Waals surface area contributed by atoms with Crippen LogP contribution in [0, 0.1) is 5.92 Å². The molecule has 0 saturated carbocycles. The van der Waals surface area contributed by atoms with Crippen molar-refractivity contribution in [2.24, 2.45) is 5.92 Å². The van der Waals surface area contributed by atoms with Crippen molar-refractivity contribution in [3.63, 3.8) is 0 Å². The number of rotatable bonds is 7. The van der Waals surface area contributed by atoms with Gasteiger partial charge in [-0.1, -0.05) is 25.4 Å². The lowest BCUT2D eigenvalue weighted by Gasteiger charge is -2.23. The first-order chi connectivity index (χ1) is 9.69. The van der Waals surface area contributed by atoms with Crippen LogP contribution in [0.5, 0.6) is 0 Å². The summed E-state index contributed by atoms with van der Waals surface area (Å²) in [4.78, 5) is 1.62. The molecule has 1 rings (SSSR count). The molecule has 1 N–H and O–H groups in total. The number of nitrogens with one attached hydrogen (secondary N) is 1. The van der Waals surface area contributed by atoms with E-state index in [2.05, 4.69) is 19.2 Å². The van der Waals surface area contributed by atoms with E-state index in [1.807, 2.05) is 0 Å². The Hall–Kier alpha value is -0.940. The number of hydrogen-bond donors (Lipinski definition) is 1. The Morgan fingerprint density at radius 3 is 2.52 bits per heavy atom. The number of alkyl halides is 3. The van der Waals surface area contributed by atoms with Gasteiger partial charge in [-0.3, -0.25) is 0 Å². The fraction of sp³-hybridized carbons (Fsp3) is 0.600. The summed E-state index contributed by atoms with van der Waals surface area (Å²) in [7, 11) is 1.67. The Kier molecular flexibility index (Phi) is 6.81. The average molecular weight is 323 g/mol. The Labute approximate surface area is 129 Å².